The molecule has 0 unspecified atom stereocenters. The molecule has 4 aromatic heterocycles. The van der Waals surface area contributed by atoms with E-state index in [0.29, 0.717) is 0 Å². The highest BCUT2D eigenvalue weighted by Crippen LogP contribution is 2.60. The number of aromatic nitrogens is 2. The SMILES string of the molecule is c1ccc2c(c1)C1c3ccc4c(c3C2c2c1ccc1c2c2ccccc2n1-c1ccc2oc3ccccc3c2c1)c1ccccc1n4-c1ccc2oc3ccccc3c2c1. The Kier molecular flexibility index (Phi) is 5.73. The Morgan fingerprint density at radius 2 is 0.717 bits per heavy atom. The zero-order chi connectivity index (χ0) is 38.8. The van der Waals surface area contributed by atoms with Crippen LogP contribution in [-0.2, 0) is 0 Å². The molecule has 278 valence electrons. The summed E-state index contributed by atoms with van der Waals surface area (Å²) in [6, 6.07) is 66.9. The van der Waals surface area contributed by atoms with Gasteiger partial charge in [0.2, 0.25) is 0 Å². The maximum absolute atomic E-state index is 6.29. The Bertz CT molecular complexity index is 3800. The first-order chi connectivity index (χ1) is 29.8. The van der Waals surface area contributed by atoms with Crippen molar-refractivity contribution in [2.45, 2.75) is 11.8 Å². The maximum atomic E-state index is 6.29. The quantitative estimate of drug-likeness (QED) is 0.176. The van der Waals surface area contributed by atoms with E-state index in [-0.39, 0.29) is 11.8 Å². The molecule has 0 aliphatic heterocycles. The molecule has 16 rings (SSSR count). The molecular formula is C56H32N2O2. The molecule has 0 fully saturated rings. The lowest BCUT2D eigenvalue weighted by Crippen LogP contribution is -2.28. The highest BCUT2D eigenvalue weighted by Gasteiger charge is 2.44. The lowest BCUT2D eigenvalue weighted by Gasteiger charge is -2.43. The number of hydrogen-bond donors (Lipinski definition) is 0. The fraction of sp³-hybridized carbons (Fsp3) is 0.0357. The van der Waals surface area contributed by atoms with Crippen LogP contribution in [-0.4, -0.2) is 9.13 Å². The Morgan fingerprint density at radius 1 is 0.300 bits per heavy atom. The van der Waals surface area contributed by atoms with Gasteiger partial charge >= 0.3 is 0 Å². The first kappa shape index (κ1) is 31.2. The topological polar surface area (TPSA) is 36.1 Å². The van der Waals surface area contributed by atoms with Crippen molar-refractivity contribution in [2.24, 2.45) is 0 Å². The monoisotopic (exact) mass is 764 g/mol. The van der Waals surface area contributed by atoms with E-state index in [1.165, 1.54) is 77.0 Å². The maximum Gasteiger partial charge on any atom is 0.135 e. The zero-order valence-electron chi connectivity index (χ0n) is 32.2. The van der Waals surface area contributed by atoms with E-state index < -0.39 is 0 Å². The van der Waals surface area contributed by atoms with E-state index in [0.717, 1.165) is 55.3 Å². The van der Waals surface area contributed by atoms with Crippen LogP contribution < -0.4 is 0 Å². The van der Waals surface area contributed by atoms with Crippen molar-refractivity contribution in [3.8, 4) is 11.4 Å². The van der Waals surface area contributed by atoms with Crippen LogP contribution in [0.1, 0.15) is 45.2 Å². The van der Waals surface area contributed by atoms with Gasteiger partial charge in [0.25, 0.3) is 0 Å². The summed E-state index contributed by atoms with van der Waals surface area (Å²) in [5.74, 6) is 0.166. The van der Waals surface area contributed by atoms with E-state index >= 15 is 0 Å². The Labute approximate surface area is 342 Å². The van der Waals surface area contributed by atoms with E-state index in [2.05, 4.69) is 179 Å². The fourth-order valence-corrected chi connectivity index (χ4v) is 11.6. The van der Waals surface area contributed by atoms with E-state index in [1.807, 2.05) is 12.1 Å². The zero-order valence-corrected chi connectivity index (χ0v) is 32.2. The summed E-state index contributed by atoms with van der Waals surface area (Å²) in [7, 11) is 0. The second kappa shape index (κ2) is 11.0. The summed E-state index contributed by atoms with van der Waals surface area (Å²) >= 11 is 0. The predicted molar refractivity (Wildman–Crippen MR) is 244 cm³/mol. The minimum Gasteiger partial charge on any atom is -0.456 e. The molecule has 4 heteroatoms. The van der Waals surface area contributed by atoms with E-state index in [1.54, 1.807) is 0 Å². The Balaban J connectivity index is 1.03. The van der Waals surface area contributed by atoms with Gasteiger partial charge in [-0.1, -0.05) is 109 Å². The van der Waals surface area contributed by atoms with Gasteiger partial charge in [-0.05, 0) is 106 Å². The smallest absolute Gasteiger partial charge is 0.135 e. The molecule has 0 saturated carbocycles. The first-order valence-electron chi connectivity index (χ1n) is 20.8. The predicted octanol–water partition coefficient (Wildman–Crippen LogP) is 14.7. The third kappa shape index (κ3) is 3.78. The van der Waals surface area contributed by atoms with Crippen LogP contribution in [0, 0.1) is 0 Å². The lowest BCUT2D eigenvalue weighted by atomic mass is 9.59. The molecule has 0 saturated heterocycles. The molecule has 0 spiro atoms. The van der Waals surface area contributed by atoms with Gasteiger partial charge in [-0.3, -0.25) is 0 Å². The minimum absolute atomic E-state index is 0.0442. The van der Waals surface area contributed by atoms with Gasteiger partial charge in [-0.15, -0.1) is 0 Å². The highest BCUT2D eigenvalue weighted by atomic mass is 16.3. The normalized spacial score (nSPS) is 15.7. The molecule has 13 aromatic rings. The van der Waals surface area contributed by atoms with Crippen molar-refractivity contribution in [2.75, 3.05) is 0 Å². The number of para-hydroxylation sites is 4. The Morgan fingerprint density at radius 3 is 1.23 bits per heavy atom. The molecule has 0 amide bonds. The number of benzene rings is 9. The van der Waals surface area contributed by atoms with Crippen LogP contribution in [0.4, 0.5) is 0 Å². The molecule has 2 bridgehead atoms. The van der Waals surface area contributed by atoms with Gasteiger partial charge in [0.15, 0.2) is 0 Å². The molecule has 4 heterocycles. The molecule has 0 radical (unpaired) electrons. The van der Waals surface area contributed by atoms with Crippen molar-refractivity contribution < 1.29 is 8.83 Å². The number of fused-ring (bicyclic) bond motifs is 12. The van der Waals surface area contributed by atoms with Crippen LogP contribution in [0.25, 0.3) is 98.9 Å². The minimum atomic E-state index is 0.0442. The van der Waals surface area contributed by atoms with Crippen LogP contribution in [0.3, 0.4) is 0 Å². The Hall–Kier alpha value is -7.82. The molecule has 60 heavy (non-hydrogen) atoms. The summed E-state index contributed by atoms with van der Waals surface area (Å²) in [6.45, 7) is 0. The molecular weight excluding hydrogens is 733 g/mol. The molecule has 3 aliphatic carbocycles. The van der Waals surface area contributed by atoms with Crippen LogP contribution in [0.2, 0.25) is 0 Å². The van der Waals surface area contributed by atoms with Crippen LogP contribution >= 0.6 is 0 Å². The third-order valence-corrected chi connectivity index (χ3v) is 13.9. The number of hydrogen-bond acceptors (Lipinski definition) is 2. The summed E-state index contributed by atoms with van der Waals surface area (Å²) in [4.78, 5) is 0. The van der Waals surface area contributed by atoms with Crippen LogP contribution in [0.15, 0.2) is 191 Å². The summed E-state index contributed by atoms with van der Waals surface area (Å²) in [5.41, 5.74) is 19.3. The standard InChI is InChI=1S/C56H32N2O2/c1-2-14-36-35(13-1)51-39-23-25-45-52(37-15-3-7-17-43(37)57(45)31-21-27-49-41(29-31)33-11-5-9-19-47(33)59-49)55(39)54(36)56-40(51)24-26-46-53(56)38-16-4-8-18-44(38)58(46)32-22-28-50-42(30-32)34-12-6-10-20-48(34)60-50/h1-30,51,54H. The van der Waals surface area contributed by atoms with E-state index in [4.69, 9.17) is 8.83 Å². The van der Waals surface area contributed by atoms with Gasteiger partial charge < -0.3 is 18.0 Å². The highest BCUT2D eigenvalue weighted by molar-refractivity contribution is 6.16. The molecule has 4 nitrogen and oxygen atoms in total. The molecule has 0 atom stereocenters. The van der Waals surface area contributed by atoms with Crippen molar-refractivity contribution in [1.82, 2.24) is 9.13 Å². The second-order valence-corrected chi connectivity index (χ2v) is 16.7. The van der Waals surface area contributed by atoms with Gasteiger partial charge in [-0.2, -0.15) is 0 Å². The van der Waals surface area contributed by atoms with Gasteiger partial charge in [-0.25, -0.2) is 0 Å². The van der Waals surface area contributed by atoms with Crippen LogP contribution in [0.5, 0.6) is 0 Å². The second-order valence-electron chi connectivity index (χ2n) is 16.7. The largest absolute Gasteiger partial charge is 0.456 e. The third-order valence-electron chi connectivity index (χ3n) is 13.9. The lowest BCUT2D eigenvalue weighted by molar-refractivity contribution is 0.668. The van der Waals surface area contributed by atoms with Gasteiger partial charge in [0.1, 0.15) is 22.3 Å². The molecule has 9 aromatic carbocycles. The summed E-state index contributed by atoms with van der Waals surface area (Å²) in [6.07, 6.45) is 0. The van der Waals surface area contributed by atoms with Crippen molar-refractivity contribution in [3.63, 3.8) is 0 Å². The molecule has 3 aliphatic rings. The van der Waals surface area contributed by atoms with Gasteiger partial charge in [0, 0.05) is 66.3 Å². The van der Waals surface area contributed by atoms with Crippen molar-refractivity contribution >= 4 is 87.5 Å². The van der Waals surface area contributed by atoms with Crippen molar-refractivity contribution in [3.05, 3.63) is 215 Å². The molecule has 0 N–H and O–H groups in total. The number of nitrogens with zero attached hydrogens (tertiary/aromatic N) is 2. The van der Waals surface area contributed by atoms with Gasteiger partial charge in [0.05, 0.1) is 22.1 Å². The average Bonchev–Trinajstić information content (AvgIpc) is 4.06. The van der Waals surface area contributed by atoms with E-state index in [9.17, 15) is 0 Å². The average molecular weight is 765 g/mol. The fourth-order valence-electron chi connectivity index (χ4n) is 11.6. The number of furan rings is 2. The number of rotatable bonds is 2. The first-order valence-corrected chi connectivity index (χ1v) is 20.8. The summed E-state index contributed by atoms with van der Waals surface area (Å²) < 4.78 is 17.5. The van der Waals surface area contributed by atoms with Crippen molar-refractivity contribution in [1.29, 1.82) is 0 Å². The summed E-state index contributed by atoms with van der Waals surface area (Å²) in [5, 5.41) is 9.78.